The van der Waals surface area contributed by atoms with Gasteiger partial charge in [-0.05, 0) is 85.8 Å². The van der Waals surface area contributed by atoms with Gasteiger partial charge in [-0.25, -0.2) is 4.99 Å². The average molecular weight is 660 g/mol. The molecular weight excluding hydrogens is 623 g/mol. The van der Waals surface area contributed by atoms with Gasteiger partial charge in [-0.15, -0.1) is 0 Å². The van der Waals surface area contributed by atoms with Crippen molar-refractivity contribution in [3.05, 3.63) is 121 Å². The molecule has 0 aliphatic carbocycles. The quantitative estimate of drug-likeness (QED) is 0.136. The van der Waals surface area contributed by atoms with E-state index < -0.39 is 5.25 Å². The summed E-state index contributed by atoms with van der Waals surface area (Å²) in [4.78, 5) is 33.8. The molecule has 48 heavy (non-hydrogen) atoms. The van der Waals surface area contributed by atoms with Gasteiger partial charge in [-0.3, -0.25) is 14.5 Å². The molecule has 9 heteroatoms. The highest BCUT2D eigenvalue weighted by atomic mass is 32.2. The third-order valence-electron chi connectivity index (χ3n) is 7.72. The first-order chi connectivity index (χ1) is 23.5. The predicted molar refractivity (Wildman–Crippen MR) is 193 cm³/mol. The number of nitrogens with one attached hydrogen (secondary N) is 1. The van der Waals surface area contributed by atoms with E-state index in [1.165, 1.54) is 11.8 Å². The lowest BCUT2D eigenvalue weighted by atomic mass is 10.1. The third kappa shape index (κ3) is 7.98. The molecule has 0 radical (unpaired) electrons. The van der Waals surface area contributed by atoms with Crippen LogP contribution in [-0.2, 0) is 16.0 Å². The number of thioether (sulfide) groups is 1. The van der Waals surface area contributed by atoms with E-state index in [1.807, 2.05) is 105 Å². The Balaban J connectivity index is 1.19. The van der Waals surface area contributed by atoms with Crippen molar-refractivity contribution in [2.75, 3.05) is 25.1 Å². The Hall–Kier alpha value is -5.28. The maximum absolute atomic E-state index is 13.9. The van der Waals surface area contributed by atoms with E-state index in [2.05, 4.69) is 5.32 Å². The lowest BCUT2D eigenvalue weighted by molar-refractivity contribution is -0.128. The van der Waals surface area contributed by atoms with Gasteiger partial charge in [0.1, 0.15) is 16.7 Å². The van der Waals surface area contributed by atoms with Gasteiger partial charge in [-0.2, -0.15) is 0 Å². The van der Waals surface area contributed by atoms with E-state index in [1.54, 1.807) is 29.2 Å². The Morgan fingerprint density at radius 3 is 2.31 bits per heavy atom. The first kappa shape index (κ1) is 32.7. The van der Waals surface area contributed by atoms with Crippen molar-refractivity contribution in [1.82, 2.24) is 4.90 Å². The predicted octanol–water partition coefficient (Wildman–Crippen LogP) is 8.63. The SMILES string of the molecule is CCOc1ccc(CCN2C(=O)[C@@H](CC(=O)Nc3ccc(Oc4ccccc4)cc3)SC2=Nc2cccc3ccccc23)cc1OCC. The zero-order chi connectivity index (χ0) is 33.3. The fraction of sp³-hybridized carbons (Fsp3) is 0.205. The van der Waals surface area contributed by atoms with Crippen LogP contribution in [0.1, 0.15) is 25.8 Å². The van der Waals surface area contributed by atoms with Crippen LogP contribution in [0.2, 0.25) is 0 Å². The molecule has 244 valence electrons. The van der Waals surface area contributed by atoms with Crippen molar-refractivity contribution in [2.24, 2.45) is 4.99 Å². The van der Waals surface area contributed by atoms with Crippen LogP contribution in [0.3, 0.4) is 0 Å². The lowest BCUT2D eigenvalue weighted by Gasteiger charge is -2.18. The molecule has 1 heterocycles. The molecule has 5 aromatic rings. The van der Waals surface area contributed by atoms with Gasteiger partial charge in [0.25, 0.3) is 0 Å². The number of fused-ring (bicyclic) bond motifs is 1. The Morgan fingerprint density at radius 2 is 1.52 bits per heavy atom. The summed E-state index contributed by atoms with van der Waals surface area (Å²) in [6.07, 6.45) is 0.581. The molecule has 1 saturated heterocycles. The third-order valence-corrected chi connectivity index (χ3v) is 8.90. The van der Waals surface area contributed by atoms with Crippen molar-refractivity contribution >= 4 is 50.9 Å². The summed E-state index contributed by atoms with van der Waals surface area (Å²) in [7, 11) is 0. The number of benzene rings is 5. The smallest absolute Gasteiger partial charge is 0.242 e. The summed E-state index contributed by atoms with van der Waals surface area (Å²) in [5.41, 5.74) is 2.40. The first-order valence-corrected chi connectivity index (χ1v) is 16.9. The fourth-order valence-corrected chi connectivity index (χ4v) is 6.62. The molecule has 1 aliphatic heterocycles. The minimum Gasteiger partial charge on any atom is -0.490 e. The van der Waals surface area contributed by atoms with Crippen LogP contribution in [0, 0.1) is 0 Å². The van der Waals surface area contributed by atoms with Crippen molar-refractivity contribution in [3.63, 3.8) is 0 Å². The molecule has 8 nitrogen and oxygen atoms in total. The standard InChI is InChI=1S/C39H37N3O5S/c1-3-45-34-22-17-27(25-35(34)46-4-2)23-24-42-38(44)36(48-39(42)41-33-16-10-12-28-11-8-9-15-32(28)33)26-37(43)40-29-18-20-31(21-19-29)47-30-13-6-5-7-14-30/h5-22,25,36H,3-4,23-24,26H2,1-2H3,(H,40,43)/t36-/m1/s1. The van der Waals surface area contributed by atoms with Gasteiger partial charge in [-0.1, -0.05) is 72.4 Å². The van der Waals surface area contributed by atoms with Gasteiger partial charge in [0.15, 0.2) is 16.7 Å². The second kappa shape index (κ2) is 15.5. The van der Waals surface area contributed by atoms with E-state index in [0.717, 1.165) is 27.8 Å². The number of amidine groups is 1. The highest BCUT2D eigenvalue weighted by Crippen LogP contribution is 2.35. The average Bonchev–Trinajstić information content (AvgIpc) is 3.39. The highest BCUT2D eigenvalue weighted by molar-refractivity contribution is 8.15. The second-order valence-corrected chi connectivity index (χ2v) is 12.2. The summed E-state index contributed by atoms with van der Waals surface area (Å²) < 4.78 is 17.4. The molecule has 5 aromatic carbocycles. The largest absolute Gasteiger partial charge is 0.490 e. The zero-order valence-corrected chi connectivity index (χ0v) is 27.7. The number of anilines is 1. The molecular formula is C39H37N3O5S. The zero-order valence-electron chi connectivity index (χ0n) is 26.9. The minimum atomic E-state index is -0.612. The topological polar surface area (TPSA) is 89.5 Å². The van der Waals surface area contributed by atoms with Crippen LogP contribution in [-0.4, -0.2) is 46.9 Å². The molecule has 0 bridgehead atoms. The molecule has 1 atom stereocenters. The number of para-hydroxylation sites is 1. The fourth-order valence-electron chi connectivity index (χ4n) is 5.44. The Labute approximate surface area is 284 Å². The number of rotatable bonds is 13. The first-order valence-electron chi connectivity index (χ1n) is 16.1. The Bertz CT molecular complexity index is 1910. The summed E-state index contributed by atoms with van der Waals surface area (Å²) in [5, 5.41) is 4.95. The molecule has 0 unspecified atom stereocenters. The summed E-state index contributed by atoms with van der Waals surface area (Å²) in [6, 6.07) is 36.5. The molecule has 6 rings (SSSR count). The number of hydrogen-bond acceptors (Lipinski definition) is 7. The number of amides is 2. The van der Waals surface area contributed by atoms with Crippen molar-refractivity contribution < 1.29 is 23.8 Å². The van der Waals surface area contributed by atoms with Crippen LogP contribution in [0.5, 0.6) is 23.0 Å². The Kier molecular flexibility index (Phi) is 10.6. The molecule has 0 aromatic heterocycles. The van der Waals surface area contributed by atoms with E-state index >= 15 is 0 Å². The molecule has 1 fully saturated rings. The van der Waals surface area contributed by atoms with Gasteiger partial charge >= 0.3 is 0 Å². The van der Waals surface area contributed by atoms with Crippen molar-refractivity contribution in [3.8, 4) is 23.0 Å². The van der Waals surface area contributed by atoms with Gasteiger partial charge < -0.3 is 19.5 Å². The molecule has 2 amide bonds. The van der Waals surface area contributed by atoms with Crippen LogP contribution in [0.25, 0.3) is 10.8 Å². The number of aliphatic imine (C=N–C) groups is 1. The monoisotopic (exact) mass is 659 g/mol. The number of hydrogen-bond donors (Lipinski definition) is 1. The van der Waals surface area contributed by atoms with Crippen molar-refractivity contribution in [1.29, 1.82) is 0 Å². The van der Waals surface area contributed by atoms with Gasteiger partial charge in [0.2, 0.25) is 11.8 Å². The second-order valence-electron chi connectivity index (χ2n) is 11.1. The summed E-state index contributed by atoms with van der Waals surface area (Å²) in [6.45, 7) is 5.32. The maximum Gasteiger partial charge on any atom is 0.242 e. The summed E-state index contributed by atoms with van der Waals surface area (Å²) >= 11 is 1.33. The lowest BCUT2D eigenvalue weighted by Crippen LogP contribution is -2.35. The molecule has 1 aliphatic rings. The number of nitrogens with zero attached hydrogens (tertiary/aromatic N) is 2. The summed E-state index contributed by atoms with van der Waals surface area (Å²) in [5.74, 6) is 2.37. The minimum absolute atomic E-state index is 0.00830. The maximum atomic E-state index is 13.9. The van der Waals surface area contributed by atoms with Crippen LogP contribution >= 0.6 is 11.8 Å². The van der Waals surface area contributed by atoms with Gasteiger partial charge in [0, 0.05) is 24.0 Å². The van der Waals surface area contributed by atoms with E-state index in [9.17, 15) is 9.59 Å². The molecule has 0 saturated carbocycles. The van der Waals surface area contributed by atoms with Gasteiger partial charge in [0.05, 0.1) is 18.9 Å². The van der Waals surface area contributed by atoms with E-state index in [-0.39, 0.29) is 18.2 Å². The highest BCUT2D eigenvalue weighted by Gasteiger charge is 2.39. The number of carbonyl (C=O) groups is 2. The van der Waals surface area contributed by atoms with E-state index in [0.29, 0.717) is 54.3 Å². The normalized spacial score (nSPS) is 15.1. The van der Waals surface area contributed by atoms with Crippen molar-refractivity contribution in [2.45, 2.75) is 31.9 Å². The van der Waals surface area contributed by atoms with E-state index in [4.69, 9.17) is 19.2 Å². The molecule has 0 spiro atoms. The number of ether oxygens (including phenoxy) is 3. The number of carbonyl (C=O) groups excluding carboxylic acids is 2. The van der Waals surface area contributed by atoms with Crippen LogP contribution in [0.4, 0.5) is 11.4 Å². The molecule has 1 N–H and O–H groups in total. The Morgan fingerprint density at radius 1 is 0.812 bits per heavy atom. The van der Waals surface area contributed by atoms with Crippen LogP contribution < -0.4 is 19.5 Å². The van der Waals surface area contributed by atoms with Crippen LogP contribution in [0.15, 0.2) is 120 Å².